The van der Waals surface area contributed by atoms with E-state index >= 15 is 0 Å². The summed E-state index contributed by atoms with van der Waals surface area (Å²) in [5.74, 6) is 0. The largest absolute Gasteiger partial charge is 0.315 e. The first-order chi connectivity index (χ1) is 9.91. The zero-order valence-electron chi connectivity index (χ0n) is 13.9. The SMILES string of the molecule is CCCCNCCNCCCCNCCNCCCC. The van der Waals surface area contributed by atoms with E-state index in [0.29, 0.717) is 0 Å². The summed E-state index contributed by atoms with van der Waals surface area (Å²) in [7, 11) is 0. The van der Waals surface area contributed by atoms with Crippen LogP contribution in [0, 0.1) is 0 Å². The monoisotopic (exact) mass is 286 g/mol. The maximum atomic E-state index is 3.48. The van der Waals surface area contributed by atoms with E-state index in [0.717, 1.165) is 52.4 Å². The predicted octanol–water partition coefficient (Wildman–Crippen LogP) is 1.73. The van der Waals surface area contributed by atoms with Crippen LogP contribution in [0.15, 0.2) is 0 Å². The van der Waals surface area contributed by atoms with Gasteiger partial charge in [-0.15, -0.1) is 0 Å². The van der Waals surface area contributed by atoms with Gasteiger partial charge in [0.1, 0.15) is 0 Å². The summed E-state index contributed by atoms with van der Waals surface area (Å²) < 4.78 is 0. The Balaban J connectivity index is 2.89. The summed E-state index contributed by atoms with van der Waals surface area (Å²) in [5.41, 5.74) is 0. The molecular formula is C16H38N4. The molecule has 0 aromatic rings. The summed E-state index contributed by atoms with van der Waals surface area (Å²) in [6.07, 6.45) is 7.68. The van der Waals surface area contributed by atoms with E-state index in [1.807, 2.05) is 0 Å². The first kappa shape index (κ1) is 19.8. The first-order valence-corrected chi connectivity index (χ1v) is 8.74. The van der Waals surface area contributed by atoms with Gasteiger partial charge in [0.05, 0.1) is 0 Å². The van der Waals surface area contributed by atoms with Crippen molar-refractivity contribution >= 4 is 0 Å². The van der Waals surface area contributed by atoms with Crippen molar-refractivity contribution < 1.29 is 0 Å². The minimum atomic E-state index is 1.10. The lowest BCUT2D eigenvalue weighted by Crippen LogP contribution is -2.30. The second-order valence-corrected chi connectivity index (χ2v) is 5.41. The van der Waals surface area contributed by atoms with Gasteiger partial charge in [0.25, 0.3) is 0 Å². The van der Waals surface area contributed by atoms with Crippen molar-refractivity contribution in [3.05, 3.63) is 0 Å². The van der Waals surface area contributed by atoms with Crippen LogP contribution in [0.1, 0.15) is 52.4 Å². The number of hydrogen-bond donors (Lipinski definition) is 4. The molecule has 20 heavy (non-hydrogen) atoms. The Labute approximate surface area is 126 Å². The van der Waals surface area contributed by atoms with Crippen LogP contribution in [0.25, 0.3) is 0 Å². The van der Waals surface area contributed by atoms with Crippen molar-refractivity contribution in [2.45, 2.75) is 52.4 Å². The first-order valence-electron chi connectivity index (χ1n) is 8.74. The van der Waals surface area contributed by atoms with Crippen molar-refractivity contribution in [2.24, 2.45) is 0 Å². The van der Waals surface area contributed by atoms with E-state index < -0.39 is 0 Å². The molecule has 0 atom stereocenters. The predicted molar refractivity (Wildman–Crippen MR) is 90.5 cm³/mol. The molecule has 122 valence electrons. The molecule has 0 saturated carbocycles. The molecule has 4 heteroatoms. The van der Waals surface area contributed by atoms with Crippen molar-refractivity contribution in [3.63, 3.8) is 0 Å². The van der Waals surface area contributed by atoms with E-state index in [9.17, 15) is 0 Å². The van der Waals surface area contributed by atoms with Crippen molar-refractivity contribution in [1.82, 2.24) is 21.3 Å². The van der Waals surface area contributed by atoms with E-state index in [1.54, 1.807) is 0 Å². The lowest BCUT2D eigenvalue weighted by molar-refractivity contribution is 0.548. The van der Waals surface area contributed by atoms with Crippen LogP contribution < -0.4 is 21.3 Å². The summed E-state index contributed by atoms with van der Waals surface area (Å²) in [6, 6.07) is 0. The molecule has 0 unspecified atom stereocenters. The van der Waals surface area contributed by atoms with Crippen LogP contribution >= 0.6 is 0 Å². The van der Waals surface area contributed by atoms with Gasteiger partial charge in [-0.1, -0.05) is 26.7 Å². The summed E-state index contributed by atoms with van der Waals surface area (Å²) in [6.45, 7) is 13.5. The van der Waals surface area contributed by atoms with Crippen molar-refractivity contribution in [3.8, 4) is 0 Å². The average molecular weight is 287 g/mol. The van der Waals surface area contributed by atoms with E-state index in [-0.39, 0.29) is 0 Å². The molecule has 0 fully saturated rings. The summed E-state index contributed by atoms with van der Waals surface area (Å²) in [5, 5.41) is 13.9. The third-order valence-corrected chi connectivity index (χ3v) is 3.33. The van der Waals surface area contributed by atoms with Gasteiger partial charge in [0, 0.05) is 26.2 Å². The van der Waals surface area contributed by atoms with Gasteiger partial charge in [-0.05, 0) is 51.9 Å². The quantitative estimate of drug-likeness (QED) is 0.308. The molecule has 0 rings (SSSR count). The third kappa shape index (κ3) is 17.8. The molecule has 0 aliphatic carbocycles. The molecule has 4 nitrogen and oxygen atoms in total. The van der Waals surface area contributed by atoms with Crippen LogP contribution in [0.2, 0.25) is 0 Å². The molecule has 0 spiro atoms. The minimum Gasteiger partial charge on any atom is -0.315 e. The van der Waals surface area contributed by atoms with Crippen molar-refractivity contribution in [2.75, 3.05) is 52.4 Å². The fourth-order valence-corrected chi connectivity index (χ4v) is 1.96. The van der Waals surface area contributed by atoms with Gasteiger partial charge >= 0.3 is 0 Å². The van der Waals surface area contributed by atoms with Crippen LogP contribution in [-0.2, 0) is 0 Å². The zero-order valence-corrected chi connectivity index (χ0v) is 13.9. The van der Waals surface area contributed by atoms with E-state index in [4.69, 9.17) is 0 Å². The Hall–Kier alpha value is -0.160. The average Bonchev–Trinajstić information content (AvgIpc) is 2.47. The molecule has 0 aliphatic heterocycles. The summed E-state index contributed by atoms with van der Waals surface area (Å²) in [4.78, 5) is 0. The normalized spacial score (nSPS) is 11.1. The van der Waals surface area contributed by atoms with Gasteiger partial charge in [-0.3, -0.25) is 0 Å². The van der Waals surface area contributed by atoms with Crippen LogP contribution in [0.4, 0.5) is 0 Å². The second-order valence-electron chi connectivity index (χ2n) is 5.41. The maximum absolute atomic E-state index is 3.48. The molecule has 0 saturated heterocycles. The fraction of sp³-hybridized carbons (Fsp3) is 1.00. The van der Waals surface area contributed by atoms with E-state index in [2.05, 4.69) is 35.1 Å². The van der Waals surface area contributed by atoms with Crippen LogP contribution in [0.3, 0.4) is 0 Å². The number of nitrogens with one attached hydrogen (secondary N) is 4. The Morgan fingerprint density at radius 3 is 1.00 bits per heavy atom. The smallest absolute Gasteiger partial charge is 0.00767 e. The molecule has 0 aliphatic rings. The Kier molecular flexibility index (Phi) is 18.7. The summed E-state index contributed by atoms with van der Waals surface area (Å²) >= 11 is 0. The minimum absolute atomic E-state index is 1.10. The molecule has 0 amide bonds. The standard InChI is InChI=1S/C16H38N4/c1-3-5-9-17-13-15-19-11-7-8-12-20-16-14-18-10-6-4-2/h17-20H,3-16H2,1-2H3. The molecule has 0 radical (unpaired) electrons. The number of unbranched alkanes of at least 4 members (excludes halogenated alkanes) is 3. The lowest BCUT2D eigenvalue weighted by Gasteiger charge is -2.07. The Morgan fingerprint density at radius 2 is 0.700 bits per heavy atom. The van der Waals surface area contributed by atoms with E-state index in [1.165, 1.54) is 38.5 Å². The van der Waals surface area contributed by atoms with Gasteiger partial charge in [0.15, 0.2) is 0 Å². The van der Waals surface area contributed by atoms with Crippen molar-refractivity contribution in [1.29, 1.82) is 0 Å². The highest BCUT2D eigenvalue weighted by Crippen LogP contribution is 1.85. The topological polar surface area (TPSA) is 48.1 Å². The number of rotatable bonds is 17. The van der Waals surface area contributed by atoms with Gasteiger partial charge < -0.3 is 21.3 Å². The molecule has 0 aromatic carbocycles. The van der Waals surface area contributed by atoms with Gasteiger partial charge in [-0.25, -0.2) is 0 Å². The second kappa shape index (κ2) is 18.8. The Bertz CT molecular complexity index is 147. The lowest BCUT2D eigenvalue weighted by atomic mass is 10.3. The molecular weight excluding hydrogens is 248 g/mol. The highest BCUT2D eigenvalue weighted by molar-refractivity contribution is 4.55. The molecule has 0 bridgehead atoms. The molecule has 4 N–H and O–H groups in total. The molecule has 0 aromatic heterocycles. The van der Waals surface area contributed by atoms with Gasteiger partial charge in [-0.2, -0.15) is 0 Å². The maximum Gasteiger partial charge on any atom is 0.00767 e. The molecule has 0 heterocycles. The third-order valence-electron chi connectivity index (χ3n) is 3.33. The van der Waals surface area contributed by atoms with Gasteiger partial charge in [0.2, 0.25) is 0 Å². The Morgan fingerprint density at radius 1 is 0.400 bits per heavy atom. The zero-order chi connectivity index (χ0) is 14.7. The fourth-order valence-electron chi connectivity index (χ4n) is 1.96. The van der Waals surface area contributed by atoms with Crippen LogP contribution in [0.5, 0.6) is 0 Å². The highest BCUT2D eigenvalue weighted by Gasteiger charge is 1.91. The number of hydrogen-bond acceptors (Lipinski definition) is 4. The highest BCUT2D eigenvalue weighted by atomic mass is 14.9. The van der Waals surface area contributed by atoms with Crippen LogP contribution in [-0.4, -0.2) is 52.4 Å².